The number of hydrazine groups is 1. The van der Waals surface area contributed by atoms with Crippen LogP contribution in [0.25, 0.3) is 16.0 Å². The van der Waals surface area contributed by atoms with Crippen molar-refractivity contribution in [3.05, 3.63) is 70.1 Å². The quantitative estimate of drug-likeness (QED) is 0.346. The van der Waals surface area contributed by atoms with Crippen LogP contribution in [-0.2, 0) is 4.74 Å². The highest BCUT2D eigenvalue weighted by atomic mass is 32.1. The molecule has 0 saturated carbocycles. The van der Waals surface area contributed by atoms with E-state index >= 15 is 0 Å². The third-order valence-electron chi connectivity index (χ3n) is 5.91. The van der Waals surface area contributed by atoms with E-state index in [-0.39, 0.29) is 11.1 Å². The van der Waals surface area contributed by atoms with Crippen molar-refractivity contribution < 1.29 is 27.4 Å². The smallest absolute Gasteiger partial charge is 0.281 e. The number of nitrogens with one attached hydrogen (secondary N) is 1. The number of thiazole rings is 1. The van der Waals surface area contributed by atoms with Crippen molar-refractivity contribution in [2.75, 3.05) is 24.8 Å². The van der Waals surface area contributed by atoms with Gasteiger partial charge in [0.25, 0.3) is 5.91 Å². The van der Waals surface area contributed by atoms with Crippen LogP contribution in [0.4, 0.5) is 18.9 Å². The summed E-state index contributed by atoms with van der Waals surface area (Å²) in [5.41, 5.74) is 4.42. The SMILES string of the molecule is CCOC(C)c1c(C(=O)NN2CCOc3ccccc32)sc2c(-c3cc(F)cc(F)c3F)c(C)nn12. The minimum atomic E-state index is -1.30. The minimum Gasteiger partial charge on any atom is -0.489 e. The Balaban J connectivity index is 1.63. The Hall–Kier alpha value is -3.57. The molecule has 1 aliphatic heterocycles. The Kier molecular flexibility index (Phi) is 6.35. The van der Waals surface area contributed by atoms with Crippen LogP contribution in [0, 0.1) is 24.4 Å². The number of halogens is 3. The zero-order valence-corrected chi connectivity index (χ0v) is 20.6. The number of nitrogens with zero attached hydrogens (tertiary/aromatic N) is 3. The fourth-order valence-electron chi connectivity index (χ4n) is 4.36. The number of rotatable bonds is 6. The van der Waals surface area contributed by atoms with Crippen LogP contribution in [0.15, 0.2) is 36.4 Å². The average molecular weight is 517 g/mol. The first kappa shape index (κ1) is 24.1. The number of carbonyl (C=O) groups excluding carboxylic acids is 1. The first-order valence-corrected chi connectivity index (χ1v) is 12.2. The van der Waals surface area contributed by atoms with Gasteiger partial charge in [-0.2, -0.15) is 5.10 Å². The second-order valence-electron chi connectivity index (χ2n) is 8.25. The Morgan fingerprint density at radius 2 is 2.06 bits per heavy atom. The topological polar surface area (TPSA) is 68.1 Å². The van der Waals surface area contributed by atoms with Crippen molar-refractivity contribution in [1.82, 2.24) is 15.0 Å². The van der Waals surface area contributed by atoms with Crippen molar-refractivity contribution in [1.29, 1.82) is 0 Å². The summed E-state index contributed by atoms with van der Waals surface area (Å²) in [6, 6.07) is 8.76. The molecule has 0 aliphatic carbocycles. The number of ether oxygens (including phenoxy) is 2. The summed E-state index contributed by atoms with van der Waals surface area (Å²) in [5.74, 6) is -3.16. The standard InChI is InChI=1S/C25H23F3N4O3S/c1-4-34-14(3)22-23(24(33)30-31-9-10-35-19-8-6-5-7-18(19)31)36-25-20(13(2)29-32(22)25)16-11-15(26)12-17(27)21(16)28/h5-8,11-12,14H,4,9-10H2,1-3H3,(H,30,33). The number of aromatic nitrogens is 2. The van der Waals surface area contributed by atoms with Crippen molar-refractivity contribution in [2.45, 2.75) is 26.9 Å². The molecule has 5 rings (SSSR count). The molecule has 7 nitrogen and oxygen atoms in total. The number of benzene rings is 2. The van der Waals surface area contributed by atoms with Crippen molar-refractivity contribution in [3.8, 4) is 16.9 Å². The number of aryl methyl sites for hydroxylation is 1. The first-order valence-electron chi connectivity index (χ1n) is 11.4. The lowest BCUT2D eigenvalue weighted by Crippen LogP contribution is -2.46. The van der Waals surface area contributed by atoms with Gasteiger partial charge >= 0.3 is 0 Å². The molecule has 0 radical (unpaired) electrons. The van der Waals surface area contributed by atoms with Gasteiger partial charge in [0, 0.05) is 23.8 Å². The number of anilines is 1. The molecule has 1 atom stereocenters. The highest BCUT2D eigenvalue weighted by molar-refractivity contribution is 7.20. The van der Waals surface area contributed by atoms with Gasteiger partial charge in [0.2, 0.25) is 0 Å². The van der Waals surface area contributed by atoms with Crippen LogP contribution in [0.5, 0.6) is 5.75 Å². The van der Waals surface area contributed by atoms with E-state index in [0.717, 1.165) is 17.4 Å². The Bertz CT molecular complexity index is 1470. The Morgan fingerprint density at radius 3 is 2.83 bits per heavy atom. The van der Waals surface area contributed by atoms with Crippen LogP contribution >= 0.6 is 11.3 Å². The molecule has 4 aromatic rings. The zero-order chi connectivity index (χ0) is 25.6. The van der Waals surface area contributed by atoms with Crippen molar-refractivity contribution >= 4 is 27.8 Å². The number of hydrogen-bond donors (Lipinski definition) is 1. The van der Waals surface area contributed by atoms with E-state index in [2.05, 4.69) is 10.5 Å². The predicted molar refractivity (Wildman–Crippen MR) is 130 cm³/mol. The van der Waals surface area contributed by atoms with Gasteiger partial charge in [-0.05, 0) is 39.0 Å². The van der Waals surface area contributed by atoms with Gasteiger partial charge < -0.3 is 9.47 Å². The molecule has 0 bridgehead atoms. The summed E-state index contributed by atoms with van der Waals surface area (Å²) in [4.78, 5) is 14.2. The molecular weight excluding hydrogens is 493 g/mol. The van der Waals surface area contributed by atoms with E-state index in [9.17, 15) is 18.0 Å². The van der Waals surface area contributed by atoms with E-state index in [1.165, 1.54) is 4.52 Å². The van der Waals surface area contributed by atoms with Crippen molar-refractivity contribution in [3.63, 3.8) is 0 Å². The van der Waals surface area contributed by atoms with Gasteiger partial charge in [-0.15, -0.1) is 11.3 Å². The van der Waals surface area contributed by atoms with E-state index in [1.54, 1.807) is 18.9 Å². The van der Waals surface area contributed by atoms with Gasteiger partial charge in [-0.25, -0.2) is 17.7 Å². The third kappa shape index (κ3) is 4.07. The highest BCUT2D eigenvalue weighted by Crippen LogP contribution is 2.39. The number of carbonyl (C=O) groups is 1. The zero-order valence-electron chi connectivity index (χ0n) is 19.8. The average Bonchev–Trinajstić information content (AvgIpc) is 3.36. The molecule has 1 unspecified atom stereocenters. The lowest BCUT2D eigenvalue weighted by molar-refractivity contribution is 0.0702. The van der Waals surface area contributed by atoms with Gasteiger partial charge in [0.1, 0.15) is 27.9 Å². The van der Waals surface area contributed by atoms with E-state index in [0.29, 0.717) is 58.4 Å². The maximum atomic E-state index is 14.8. The van der Waals surface area contributed by atoms with Gasteiger partial charge in [0.15, 0.2) is 11.6 Å². The second kappa shape index (κ2) is 9.47. The molecule has 36 heavy (non-hydrogen) atoms. The number of para-hydroxylation sites is 2. The maximum Gasteiger partial charge on any atom is 0.281 e. The monoisotopic (exact) mass is 516 g/mol. The van der Waals surface area contributed by atoms with E-state index in [1.807, 2.05) is 31.2 Å². The molecule has 1 aliphatic rings. The van der Waals surface area contributed by atoms with Crippen LogP contribution in [-0.4, -0.2) is 35.3 Å². The summed E-state index contributed by atoms with van der Waals surface area (Å²) in [6.45, 7) is 6.44. The predicted octanol–water partition coefficient (Wildman–Crippen LogP) is 5.43. The van der Waals surface area contributed by atoms with E-state index in [4.69, 9.17) is 9.47 Å². The van der Waals surface area contributed by atoms with Crippen LogP contribution in [0.3, 0.4) is 0 Å². The summed E-state index contributed by atoms with van der Waals surface area (Å²) >= 11 is 1.06. The van der Waals surface area contributed by atoms with Gasteiger partial charge in [-0.3, -0.25) is 15.2 Å². The molecule has 0 spiro atoms. The highest BCUT2D eigenvalue weighted by Gasteiger charge is 2.30. The molecule has 11 heteroatoms. The van der Waals surface area contributed by atoms with Gasteiger partial charge in [0.05, 0.1) is 29.7 Å². The largest absolute Gasteiger partial charge is 0.489 e. The molecule has 0 saturated heterocycles. The second-order valence-corrected chi connectivity index (χ2v) is 9.25. The molecule has 188 valence electrons. The molecule has 0 fully saturated rings. The lowest BCUT2D eigenvalue weighted by Gasteiger charge is -2.31. The molecule has 2 aromatic heterocycles. The minimum absolute atomic E-state index is 0.219. The lowest BCUT2D eigenvalue weighted by atomic mass is 10.1. The molecule has 3 heterocycles. The molecule has 1 amide bonds. The van der Waals surface area contributed by atoms with Crippen LogP contribution in [0.2, 0.25) is 0 Å². The number of fused-ring (bicyclic) bond motifs is 2. The summed E-state index contributed by atoms with van der Waals surface area (Å²) < 4.78 is 55.8. The first-order chi connectivity index (χ1) is 17.3. The summed E-state index contributed by atoms with van der Waals surface area (Å²) in [7, 11) is 0. The maximum absolute atomic E-state index is 14.8. The van der Waals surface area contributed by atoms with Crippen molar-refractivity contribution in [2.24, 2.45) is 0 Å². The number of amides is 1. The normalized spacial score (nSPS) is 14.0. The Morgan fingerprint density at radius 1 is 1.28 bits per heavy atom. The summed E-state index contributed by atoms with van der Waals surface area (Å²) in [6.07, 6.45) is -0.539. The van der Waals surface area contributed by atoms with Crippen LogP contribution < -0.4 is 15.2 Å². The van der Waals surface area contributed by atoms with Crippen LogP contribution in [0.1, 0.15) is 41.0 Å². The number of hydrogen-bond acceptors (Lipinski definition) is 6. The molecule has 1 N–H and O–H groups in total. The van der Waals surface area contributed by atoms with E-state index < -0.39 is 29.5 Å². The fourth-order valence-corrected chi connectivity index (χ4v) is 5.64. The van der Waals surface area contributed by atoms with Gasteiger partial charge in [-0.1, -0.05) is 12.1 Å². The summed E-state index contributed by atoms with van der Waals surface area (Å²) in [5, 5.41) is 6.20. The fraction of sp³-hybridized carbons (Fsp3) is 0.280. The Labute approximate surface area is 209 Å². The molecular formula is C25H23F3N4O3S. The molecule has 2 aromatic carbocycles. The third-order valence-corrected chi connectivity index (χ3v) is 7.08.